The van der Waals surface area contributed by atoms with Crippen LogP contribution in [0.25, 0.3) is 0 Å². The van der Waals surface area contributed by atoms with Crippen LogP contribution >= 0.6 is 0 Å². The maximum atomic E-state index is 5.76. The van der Waals surface area contributed by atoms with Crippen molar-refractivity contribution >= 4 is 8.32 Å². The molecular formula is C9H21NOSi. The molecule has 72 valence electrons. The van der Waals surface area contributed by atoms with E-state index in [0.717, 1.165) is 12.3 Å². The lowest BCUT2D eigenvalue weighted by Crippen LogP contribution is -2.24. The third-order valence-corrected chi connectivity index (χ3v) is 2.15. The fourth-order valence-corrected chi connectivity index (χ4v) is 1.89. The Bertz CT molecular complexity index is 158. The van der Waals surface area contributed by atoms with Crippen LogP contribution in [0.4, 0.5) is 0 Å². The molecule has 0 spiro atoms. The van der Waals surface area contributed by atoms with Crippen molar-refractivity contribution in [2.45, 2.75) is 26.6 Å². The van der Waals surface area contributed by atoms with Crippen LogP contribution in [-0.2, 0) is 4.43 Å². The summed E-state index contributed by atoms with van der Waals surface area (Å²) in [5.41, 5.74) is 0. The highest BCUT2D eigenvalue weighted by molar-refractivity contribution is 6.70. The molecule has 0 rings (SSSR count). The van der Waals surface area contributed by atoms with Crippen molar-refractivity contribution in [2.75, 3.05) is 20.6 Å². The number of allylic oxidation sites excluding steroid dienone is 1. The summed E-state index contributed by atoms with van der Waals surface area (Å²) in [5.74, 6) is 1.06. The second-order valence-corrected chi connectivity index (χ2v) is 8.72. The molecule has 0 saturated heterocycles. The standard InChI is InChI=1S/C9H21NOSi/c1-9(7-8-10(2)3)11-12(4,5)6/h7H,8H2,1-6H3. The summed E-state index contributed by atoms with van der Waals surface area (Å²) in [5, 5.41) is 0. The third kappa shape index (κ3) is 7.82. The van der Waals surface area contributed by atoms with Gasteiger partial charge in [-0.1, -0.05) is 0 Å². The van der Waals surface area contributed by atoms with E-state index >= 15 is 0 Å². The van der Waals surface area contributed by atoms with E-state index in [0.29, 0.717) is 0 Å². The van der Waals surface area contributed by atoms with Gasteiger partial charge in [-0.25, -0.2) is 0 Å². The molecule has 0 N–H and O–H groups in total. The van der Waals surface area contributed by atoms with Crippen LogP contribution in [0, 0.1) is 0 Å². The molecule has 0 aliphatic carbocycles. The van der Waals surface area contributed by atoms with E-state index in [9.17, 15) is 0 Å². The van der Waals surface area contributed by atoms with Crippen LogP contribution in [0.2, 0.25) is 19.6 Å². The first-order chi connectivity index (χ1) is 5.31. The van der Waals surface area contributed by atoms with Gasteiger partial charge in [-0.15, -0.1) is 0 Å². The molecule has 12 heavy (non-hydrogen) atoms. The van der Waals surface area contributed by atoms with Gasteiger partial charge in [0, 0.05) is 6.54 Å². The topological polar surface area (TPSA) is 12.5 Å². The summed E-state index contributed by atoms with van der Waals surface area (Å²) in [6.45, 7) is 9.57. The average molecular weight is 187 g/mol. The molecule has 0 heterocycles. The van der Waals surface area contributed by atoms with Gasteiger partial charge in [0.2, 0.25) is 8.32 Å². The Hall–Kier alpha value is -0.283. The van der Waals surface area contributed by atoms with Crippen LogP contribution in [0.15, 0.2) is 11.8 Å². The third-order valence-electron chi connectivity index (χ3n) is 1.21. The smallest absolute Gasteiger partial charge is 0.241 e. The molecule has 0 aliphatic heterocycles. The highest BCUT2D eigenvalue weighted by atomic mass is 28.4. The van der Waals surface area contributed by atoms with Gasteiger partial charge >= 0.3 is 0 Å². The summed E-state index contributed by atoms with van der Waals surface area (Å²) in [7, 11) is 2.73. The van der Waals surface area contributed by atoms with Gasteiger partial charge in [0.05, 0.1) is 5.76 Å². The fourth-order valence-electron chi connectivity index (χ4n) is 0.836. The molecule has 0 fully saturated rings. The highest BCUT2D eigenvalue weighted by Crippen LogP contribution is 2.09. The monoisotopic (exact) mass is 187 g/mol. The molecule has 0 bridgehead atoms. The Morgan fingerprint density at radius 3 is 2.17 bits per heavy atom. The van der Waals surface area contributed by atoms with Crippen molar-refractivity contribution in [1.82, 2.24) is 4.90 Å². The Kier molecular flexibility index (Phi) is 4.56. The summed E-state index contributed by atoms with van der Waals surface area (Å²) in [6, 6.07) is 0. The van der Waals surface area contributed by atoms with Gasteiger partial charge in [-0.3, -0.25) is 0 Å². The lowest BCUT2D eigenvalue weighted by Gasteiger charge is -2.20. The first kappa shape index (κ1) is 11.7. The van der Waals surface area contributed by atoms with Crippen molar-refractivity contribution in [3.63, 3.8) is 0 Å². The molecule has 3 heteroatoms. The minimum Gasteiger partial charge on any atom is -0.548 e. The summed E-state index contributed by atoms with van der Waals surface area (Å²) < 4.78 is 5.76. The second-order valence-electron chi connectivity index (χ2n) is 4.29. The van der Waals surface area contributed by atoms with Gasteiger partial charge in [0.25, 0.3) is 0 Å². The van der Waals surface area contributed by atoms with E-state index in [1.165, 1.54) is 0 Å². The van der Waals surface area contributed by atoms with E-state index in [2.05, 4.69) is 44.7 Å². The lowest BCUT2D eigenvalue weighted by atomic mass is 10.4. The van der Waals surface area contributed by atoms with Crippen molar-refractivity contribution in [2.24, 2.45) is 0 Å². The average Bonchev–Trinajstić information content (AvgIpc) is 1.79. The van der Waals surface area contributed by atoms with Crippen molar-refractivity contribution < 1.29 is 4.43 Å². The van der Waals surface area contributed by atoms with E-state index in [-0.39, 0.29) is 0 Å². The van der Waals surface area contributed by atoms with Gasteiger partial charge in [0.1, 0.15) is 0 Å². The van der Waals surface area contributed by atoms with E-state index in [4.69, 9.17) is 4.43 Å². The van der Waals surface area contributed by atoms with Gasteiger partial charge in [-0.05, 0) is 46.7 Å². The Morgan fingerprint density at radius 1 is 1.33 bits per heavy atom. The quantitative estimate of drug-likeness (QED) is 0.494. The molecule has 0 radical (unpaired) electrons. The van der Waals surface area contributed by atoms with E-state index in [1.807, 2.05) is 6.92 Å². The van der Waals surface area contributed by atoms with Gasteiger partial charge in [0.15, 0.2) is 0 Å². The van der Waals surface area contributed by atoms with Crippen LogP contribution in [0.5, 0.6) is 0 Å². The van der Waals surface area contributed by atoms with Crippen molar-refractivity contribution in [3.05, 3.63) is 11.8 Å². The molecule has 0 aromatic heterocycles. The van der Waals surface area contributed by atoms with Crippen molar-refractivity contribution in [1.29, 1.82) is 0 Å². The minimum absolute atomic E-state index is 0.955. The maximum Gasteiger partial charge on any atom is 0.241 e. The molecule has 0 aromatic carbocycles. The van der Waals surface area contributed by atoms with Gasteiger partial charge < -0.3 is 9.33 Å². The second kappa shape index (κ2) is 4.67. The van der Waals surface area contributed by atoms with E-state index in [1.54, 1.807) is 0 Å². The number of rotatable bonds is 4. The van der Waals surface area contributed by atoms with Crippen LogP contribution in [0.1, 0.15) is 6.92 Å². The molecule has 0 atom stereocenters. The lowest BCUT2D eigenvalue weighted by molar-refractivity contribution is 0.405. The number of hydrogen-bond donors (Lipinski definition) is 0. The largest absolute Gasteiger partial charge is 0.548 e. The predicted octanol–water partition coefficient (Wildman–Crippen LogP) is 2.30. The number of hydrogen-bond acceptors (Lipinski definition) is 2. The molecular weight excluding hydrogens is 166 g/mol. The molecule has 2 nitrogen and oxygen atoms in total. The summed E-state index contributed by atoms with van der Waals surface area (Å²) in [6.07, 6.45) is 2.12. The van der Waals surface area contributed by atoms with Crippen molar-refractivity contribution in [3.8, 4) is 0 Å². The number of likely N-dealkylation sites (N-methyl/N-ethyl adjacent to an activating group) is 1. The van der Waals surface area contributed by atoms with Crippen LogP contribution < -0.4 is 0 Å². The SMILES string of the molecule is CC(=CCN(C)C)O[Si](C)(C)C. The maximum absolute atomic E-state index is 5.76. The Labute approximate surface area is 77.3 Å². The molecule has 0 aromatic rings. The molecule has 0 saturated carbocycles. The molecule has 0 amide bonds. The summed E-state index contributed by atoms with van der Waals surface area (Å²) in [4.78, 5) is 2.12. The normalized spacial score (nSPS) is 13.8. The first-order valence-corrected chi connectivity index (χ1v) is 7.72. The zero-order valence-electron chi connectivity index (χ0n) is 9.14. The zero-order valence-corrected chi connectivity index (χ0v) is 10.1. The summed E-state index contributed by atoms with van der Waals surface area (Å²) >= 11 is 0. The minimum atomic E-state index is -1.38. The Balaban J connectivity index is 3.86. The number of nitrogens with zero attached hydrogens (tertiary/aromatic N) is 1. The Morgan fingerprint density at radius 2 is 1.83 bits per heavy atom. The first-order valence-electron chi connectivity index (χ1n) is 4.32. The molecule has 0 aliphatic rings. The van der Waals surface area contributed by atoms with Crippen LogP contribution in [-0.4, -0.2) is 33.9 Å². The fraction of sp³-hybridized carbons (Fsp3) is 0.778. The predicted molar refractivity (Wildman–Crippen MR) is 56.7 cm³/mol. The van der Waals surface area contributed by atoms with Crippen LogP contribution in [0.3, 0.4) is 0 Å². The highest BCUT2D eigenvalue weighted by Gasteiger charge is 2.15. The zero-order chi connectivity index (χ0) is 9.78. The molecule has 0 unspecified atom stereocenters. The van der Waals surface area contributed by atoms with E-state index < -0.39 is 8.32 Å². The van der Waals surface area contributed by atoms with Gasteiger partial charge in [-0.2, -0.15) is 0 Å².